The second-order valence-electron chi connectivity index (χ2n) is 6.16. The molecule has 0 aliphatic heterocycles. The van der Waals surface area contributed by atoms with Gasteiger partial charge < -0.3 is 10.1 Å². The summed E-state index contributed by atoms with van der Waals surface area (Å²) in [5, 5.41) is 13.4. The Morgan fingerprint density at radius 2 is 1.69 bits per heavy atom. The molecule has 0 saturated carbocycles. The van der Waals surface area contributed by atoms with Crippen LogP contribution in [0.25, 0.3) is 38.8 Å². The first-order valence-corrected chi connectivity index (χ1v) is 8.62. The van der Waals surface area contributed by atoms with Crippen molar-refractivity contribution in [3.63, 3.8) is 0 Å². The number of hydrogen-bond acceptors (Lipinski definition) is 2. The van der Waals surface area contributed by atoms with E-state index in [0.717, 1.165) is 38.8 Å². The predicted molar refractivity (Wildman–Crippen MR) is 105 cm³/mol. The van der Waals surface area contributed by atoms with E-state index in [1.165, 1.54) is 0 Å². The lowest BCUT2D eigenvalue weighted by molar-refractivity contribution is 0.449. The first-order valence-electron chi connectivity index (χ1n) is 8.24. The number of imidazole rings is 1. The van der Waals surface area contributed by atoms with E-state index in [4.69, 9.17) is 11.6 Å². The lowest BCUT2D eigenvalue weighted by atomic mass is 10.1. The van der Waals surface area contributed by atoms with Crippen LogP contribution in [-0.2, 0) is 0 Å². The Hall–Kier alpha value is -3.24. The van der Waals surface area contributed by atoms with E-state index < -0.39 is 0 Å². The van der Waals surface area contributed by atoms with E-state index in [9.17, 15) is 5.11 Å². The molecule has 0 radical (unpaired) electrons. The molecule has 26 heavy (non-hydrogen) atoms. The maximum Gasteiger partial charge on any atom is 0.204 e. The molecule has 0 aliphatic rings. The Kier molecular flexibility index (Phi) is 3.27. The monoisotopic (exact) mass is 359 g/mol. The van der Waals surface area contributed by atoms with Crippen LogP contribution in [0.4, 0.5) is 0 Å². The standard InChI is InChI=1S/C21H14ClN3O/c22-14-7-5-13(6-8-14)20-16-3-1-2-4-17(16)21(26)25(20)15-9-10-18-19(11-15)24-12-23-18/h1-12,26H,(H,23,24). The van der Waals surface area contributed by atoms with Gasteiger partial charge in [-0.2, -0.15) is 0 Å². The number of benzene rings is 3. The van der Waals surface area contributed by atoms with Gasteiger partial charge in [-0.3, -0.25) is 4.57 Å². The molecule has 0 bridgehead atoms. The zero-order chi connectivity index (χ0) is 17.7. The minimum atomic E-state index is 0.212. The number of H-pyrrole nitrogens is 1. The molecule has 0 saturated heterocycles. The molecule has 126 valence electrons. The smallest absolute Gasteiger partial charge is 0.204 e. The first kappa shape index (κ1) is 15.0. The number of halogens is 1. The highest BCUT2D eigenvalue weighted by atomic mass is 35.5. The molecule has 5 rings (SSSR count). The Balaban J connectivity index is 1.87. The van der Waals surface area contributed by atoms with Crippen LogP contribution in [0.15, 0.2) is 73.1 Å². The number of fused-ring (bicyclic) bond motifs is 2. The lowest BCUT2D eigenvalue weighted by Gasteiger charge is -2.11. The van der Waals surface area contributed by atoms with Crippen LogP contribution in [-0.4, -0.2) is 19.6 Å². The topological polar surface area (TPSA) is 53.8 Å². The van der Waals surface area contributed by atoms with E-state index in [2.05, 4.69) is 9.97 Å². The molecular weight excluding hydrogens is 346 g/mol. The van der Waals surface area contributed by atoms with Gasteiger partial charge >= 0.3 is 0 Å². The molecule has 5 heteroatoms. The van der Waals surface area contributed by atoms with Gasteiger partial charge in [-0.25, -0.2) is 4.98 Å². The number of hydrogen-bond donors (Lipinski definition) is 2. The fraction of sp³-hybridized carbons (Fsp3) is 0. The summed E-state index contributed by atoms with van der Waals surface area (Å²) in [6.45, 7) is 0. The number of aromatic hydroxyl groups is 1. The summed E-state index contributed by atoms with van der Waals surface area (Å²) in [5.74, 6) is 0.212. The van der Waals surface area contributed by atoms with Crippen molar-refractivity contribution < 1.29 is 5.11 Å². The van der Waals surface area contributed by atoms with Crippen LogP contribution < -0.4 is 0 Å². The average Bonchev–Trinajstić information content (AvgIpc) is 3.25. The molecule has 5 aromatic rings. The fourth-order valence-electron chi connectivity index (χ4n) is 3.44. The number of nitrogens with zero attached hydrogens (tertiary/aromatic N) is 2. The SMILES string of the molecule is Oc1c2ccccc2c(-c2ccc(Cl)cc2)n1-c1ccc2nc[nH]c2c1. The molecule has 0 unspecified atom stereocenters. The summed E-state index contributed by atoms with van der Waals surface area (Å²) in [5.41, 5.74) is 4.57. The number of aromatic amines is 1. The number of rotatable bonds is 2. The molecular formula is C21H14ClN3O. The third-order valence-corrected chi connectivity index (χ3v) is 4.89. The van der Waals surface area contributed by atoms with Gasteiger partial charge in [0.1, 0.15) is 0 Å². The van der Waals surface area contributed by atoms with Gasteiger partial charge in [-0.05, 0) is 42.0 Å². The summed E-state index contributed by atoms with van der Waals surface area (Å²) >= 11 is 6.06. The van der Waals surface area contributed by atoms with Crippen molar-refractivity contribution in [2.24, 2.45) is 0 Å². The third-order valence-electron chi connectivity index (χ3n) is 4.64. The van der Waals surface area contributed by atoms with Crippen molar-refractivity contribution in [1.29, 1.82) is 0 Å². The maximum atomic E-state index is 11.0. The van der Waals surface area contributed by atoms with Crippen LogP contribution in [0.1, 0.15) is 0 Å². The Bertz CT molecular complexity index is 1250. The predicted octanol–water partition coefficient (Wildman–Crippen LogP) is 5.53. The summed E-state index contributed by atoms with van der Waals surface area (Å²) < 4.78 is 1.87. The minimum Gasteiger partial charge on any atom is -0.494 e. The fourth-order valence-corrected chi connectivity index (χ4v) is 3.56. The second kappa shape index (κ2) is 5.64. The molecule has 3 aromatic carbocycles. The van der Waals surface area contributed by atoms with Crippen molar-refractivity contribution in [1.82, 2.24) is 14.5 Å². The van der Waals surface area contributed by atoms with Gasteiger partial charge in [-0.15, -0.1) is 0 Å². The number of nitrogens with one attached hydrogen (secondary N) is 1. The molecule has 0 spiro atoms. The molecule has 2 N–H and O–H groups in total. The summed E-state index contributed by atoms with van der Waals surface area (Å²) in [4.78, 5) is 7.39. The van der Waals surface area contributed by atoms with E-state index in [-0.39, 0.29) is 5.88 Å². The van der Waals surface area contributed by atoms with Gasteiger partial charge in [0, 0.05) is 15.8 Å². The van der Waals surface area contributed by atoms with Crippen LogP contribution >= 0.6 is 11.6 Å². The second-order valence-corrected chi connectivity index (χ2v) is 6.60. The van der Waals surface area contributed by atoms with E-state index in [0.29, 0.717) is 5.02 Å². The van der Waals surface area contributed by atoms with Crippen LogP contribution in [0.3, 0.4) is 0 Å². The van der Waals surface area contributed by atoms with E-state index in [1.54, 1.807) is 6.33 Å². The molecule has 2 heterocycles. The molecule has 0 atom stereocenters. The highest BCUT2D eigenvalue weighted by molar-refractivity contribution is 6.30. The molecule has 2 aromatic heterocycles. The lowest BCUT2D eigenvalue weighted by Crippen LogP contribution is -1.96. The Labute approximate surface area is 154 Å². The zero-order valence-electron chi connectivity index (χ0n) is 13.6. The third kappa shape index (κ3) is 2.20. The summed E-state index contributed by atoms with van der Waals surface area (Å²) in [6.07, 6.45) is 1.67. The van der Waals surface area contributed by atoms with E-state index in [1.807, 2.05) is 71.3 Å². The maximum absolute atomic E-state index is 11.0. The van der Waals surface area contributed by atoms with Gasteiger partial charge in [0.2, 0.25) is 5.88 Å². The average molecular weight is 360 g/mol. The quantitative estimate of drug-likeness (QED) is 0.435. The molecule has 0 fully saturated rings. The van der Waals surface area contributed by atoms with Crippen LogP contribution in [0.2, 0.25) is 5.02 Å². The van der Waals surface area contributed by atoms with Gasteiger partial charge in [0.25, 0.3) is 0 Å². The van der Waals surface area contributed by atoms with Crippen LogP contribution in [0, 0.1) is 0 Å². The van der Waals surface area contributed by atoms with Gasteiger partial charge in [0.15, 0.2) is 0 Å². The van der Waals surface area contributed by atoms with Crippen LogP contribution in [0.5, 0.6) is 5.88 Å². The van der Waals surface area contributed by atoms with E-state index >= 15 is 0 Å². The van der Waals surface area contributed by atoms with Gasteiger partial charge in [-0.1, -0.05) is 41.9 Å². The van der Waals surface area contributed by atoms with Gasteiger partial charge in [0.05, 0.1) is 28.7 Å². The highest BCUT2D eigenvalue weighted by Crippen LogP contribution is 2.40. The highest BCUT2D eigenvalue weighted by Gasteiger charge is 2.19. The summed E-state index contributed by atoms with van der Waals surface area (Å²) in [7, 11) is 0. The molecule has 0 amide bonds. The molecule has 0 aliphatic carbocycles. The molecule has 4 nitrogen and oxygen atoms in total. The van der Waals surface area contributed by atoms with Crippen molar-refractivity contribution in [3.05, 3.63) is 78.1 Å². The Morgan fingerprint density at radius 1 is 0.923 bits per heavy atom. The van der Waals surface area contributed by atoms with Crippen molar-refractivity contribution in [2.45, 2.75) is 0 Å². The van der Waals surface area contributed by atoms with Crippen molar-refractivity contribution >= 4 is 33.4 Å². The summed E-state index contributed by atoms with van der Waals surface area (Å²) in [6, 6.07) is 21.4. The number of aromatic nitrogens is 3. The van der Waals surface area contributed by atoms with Crippen molar-refractivity contribution in [3.8, 4) is 22.8 Å². The van der Waals surface area contributed by atoms with Crippen molar-refractivity contribution in [2.75, 3.05) is 0 Å². The zero-order valence-corrected chi connectivity index (χ0v) is 14.4. The normalized spacial score (nSPS) is 11.4. The minimum absolute atomic E-state index is 0.212. The first-order chi connectivity index (χ1) is 12.7. The largest absolute Gasteiger partial charge is 0.494 e. The Morgan fingerprint density at radius 3 is 2.50 bits per heavy atom.